The summed E-state index contributed by atoms with van der Waals surface area (Å²) in [5.41, 5.74) is 2.71. The van der Waals surface area contributed by atoms with E-state index in [2.05, 4.69) is 36.3 Å². The number of rotatable bonds is 12. The molecule has 5 aliphatic rings. The van der Waals surface area contributed by atoms with Gasteiger partial charge in [-0.2, -0.15) is 0 Å². The van der Waals surface area contributed by atoms with Gasteiger partial charge in [0, 0.05) is 69.5 Å². The van der Waals surface area contributed by atoms with Gasteiger partial charge in [-0.25, -0.2) is 0 Å². The normalized spacial score (nSPS) is 24.9. The van der Waals surface area contributed by atoms with Crippen LogP contribution < -0.4 is 15.5 Å². The lowest BCUT2D eigenvalue weighted by Crippen LogP contribution is -2.52. The van der Waals surface area contributed by atoms with Gasteiger partial charge in [0.1, 0.15) is 6.04 Å². The molecule has 4 saturated heterocycles. The van der Waals surface area contributed by atoms with Gasteiger partial charge in [0.2, 0.25) is 18.2 Å². The second-order valence-electron chi connectivity index (χ2n) is 13.7. The van der Waals surface area contributed by atoms with E-state index in [1.807, 2.05) is 12.1 Å². The first-order valence-electron chi connectivity index (χ1n) is 17.4. The first-order valence-corrected chi connectivity index (χ1v) is 17.4. The van der Waals surface area contributed by atoms with Crippen molar-refractivity contribution >= 4 is 29.8 Å². The van der Waals surface area contributed by atoms with Crippen LogP contribution in [0.3, 0.4) is 0 Å². The van der Waals surface area contributed by atoms with Gasteiger partial charge in [-0.05, 0) is 107 Å². The molecule has 6 rings (SSSR count). The number of hydrogen-bond acceptors (Lipinski definition) is 8. The molecule has 2 N–H and O–H groups in total. The van der Waals surface area contributed by atoms with E-state index >= 15 is 0 Å². The van der Waals surface area contributed by atoms with Crippen LogP contribution in [0.5, 0.6) is 0 Å². The fourth-order valence-corrected chi connectivity index (χ4v) is 8.15. The lowest BCUT2D eigenvalue weighted by molar-refractivity contribution is -0.136. The number of nitrogens with one attached hydrogen (secondary N) is 2. The number of benzene rings is 1. The molecule has 11 nitrogen and oxygen atoms in total. The minimum Gasteiger partial charge on any atom is -0.369 e. The highest BCUT2D eigenvalue weighted by atomic mass is 16.2. The largest absolute Gasteiger partial charge is 0.369 e. The molecule has 4 amide bonds. The molecule has 0 aromatic heterocycles. The van der Waals surface area contributed by atoms with Crippen LogP contribution in [0.4, 0.5) is 5.69 Å². The van der Waals surface area contributed by atoms with Gasteiger partial charge >= 0.3 is 0 Å². The number of nitrogens with zero attached hydrogens (tertiary/aromatic N) is 5. The van der Waals surface area contributed by atoms with Crippen molar-refractivity contribution in [1.29, 1.82) is 0 Å². The third-order valence-electron chi connectivity index (χ3n) is 10.9. The highest BCUT2D eigenvalue weighted by molar-refractivity contribution is 6.05. The van der Waals surface area contributed by atoms with E-state index in [9.17, 15) is 19.2 Å². The molecule has 0 saturated carbocycles. The fourth-order valence-electron chi connectivity index (χ4n) is 8.15. The summed E-state index contributed by atoms with van der Waals surface area (Å²) in [4.78, 5) is 60.1. The molecule has 246 valence electrons. The minimum atomic E-state index is -0.592. The fraction of sp³-hybridized carbons (Fsp3) is 0.706. The van der Waals surface area contributed by atoms with Gasteiger partial charge in [0.25, 0.3) is 5.91 Å². The van der Waals surface area contributed by atoms with E-state index in [-0.39, 0.29) is 24.1 Å². The van der Waals surface area contributed by atoms with Crippen LogP contribution in [0, 0.1) is 5.92 Å². The number of amides is 4. The number of imide groups is 1. The zero-order valence-electron chi connectivity index (χ0n) is 26.8. The lowest BCUT2D eigenvalue weighted by Gasteiger charge is -2.41. The van der Waals surface area contributed by atoms with Crippen molar-refractivity contribution in [2.45, 2.75) is 76.4 Å². The molecule has 4 fully saturated rings. The standard InChI is InChI=1S/C34H51N7O4/c42-25-35-12-8-28(11-17-37-15-9-26(10-16-37)23-38-13-2-1-3-14-38)39-18-20-40(21-19-39)29-4-5-30-27(22-29)24-41(34(30)45)31-6-7-32(43)36-33(31)44/h4-5,22,25-26,28,31H,1-3,6-21,23-24H2,(H,35,42)(H,36,43,44). The number of likely N-dealkylation sites (tertiary alicyclic amines) is 2. The Bertz CT molecular complexity index is 1200. The zero-order valence-corrected chi connectivity index (χ0v) is 26.8. The van der Waals surface area contributed by atoms with Gasteiger partial charge in [-0.1, -0.05) is 6.42 Å². The SMILES string of the molecule is O=CNCCC(CCN1CCC(CN2CCCCC2)CC1)N1CCN(c2ccc3c(c2)CN(C2CCC(=O)NC2=O)C3=O)CC1. The third kappa shape index (κ3) is 7.86. The quantitative estimate of drug-likeness (QED) is 0.206. The smallest absolute Gasteiger partial charge is 0.255 e. The molecule has 45 heavy (non-hydrogen) atoms. The molecule has 0 spiro atoms. The summed E-state index contributed by atoms with van der Waals surface area (Å²) >= 11 is 0. The van der Waals surface area contributed by atoms with Crippen molar-refractivity contribution in [2.24, 2.45) is 5.92 Å². The van der Waals surface area contributed by atoms with Crippen LogP contribution >= 0.6 is 0 Å². The van der Waals surface area contributed by atoms with Gasteiger partial charge in [0.05, 0.1) is 0 Å². The predicted octanol–water partition coefficient (Wildman–Crippen LogP) is 1.66. The number of carbonyl (C=O) groups excluding carboxylic acids is 4. The van der Waals surface area contributed by atoms with Crippen molar-refractivity contribution in [1.82, 2.24) is 30.2 Å². The topological polar surface area (TPSA) is 109 Å². The van der Waals surface area contributed by atoms with Crippen LogP contribution in [-0.2, 0) is 20.9 Å². The maximum absolute atomic E-state index is 13.1. The van der Waals surface area contributed by atoms with E-state index in [4.69, 9.17) is 0 Å². The summed E-state index contributed by atoms with van der Waals surface area (Å²) in [5.74, 6) is 0.0676. The van der Waals surface area contributed by atoms with E-state index in [0.717, 1.165) is 69.1 Å². The Balaban J connectivity index is 0.988. The van der Waals surface area contributed by atoms with Gasteiger partial charge < -0.3 is 24.9 Å². The summed E-state index contributed by atoms with van der Waals surface area (Å²) in [6.45, 7) is 12.2. The van der Waals surface area contributed by atoms with Crippen LogP contribution in [0.1, 0.15) is 73.7 Å². The molecule has 0 aliphatic carbocycles. The highest BCUT2D eigenvalue weighted by Gasteiger charge is 2.39. The Kier molecular flexibility index (Phi) is 10.7. The second kappa shape index (κ2) is 15.0. The van der Waals surface area contributed by atoms with Crippen molar-refractivity contribution in [2.75, 3.05) is 76.9 Å². The molecule has 5 heterocycles. The molecular weight excluding hydrogens is 570 g/mol. The second-order valence-corrected chi connectivity index (χ2v) is 13.7. The van der Waals surface area contributed by atoms with Crippen LogP contribution in [0.15, 0.2) is 18.2 Å². The number of hydrogen-bond donors (Lipinski definition) is 2. The minimum absolute atomic E-state index is 0.131. The molecule has 5 aliphatic heterocycles. The van der Waals surface area contributed by atoms with Crippen LogP contribution in [0.25, 0.3) is 0 Å². The van der Waals surface area contributed by atoms with Crippen molar-refractivity contribution in [3.05, 3.63) is 29.3 Å². The van der Waals surface area contributed by atoms with Crippen molar-refractivity contribution in [3.63, 3.8) is 0 Å². The maximum atomic E-state index is 13.1. The van der Waals surface area contributed by atoms with E-state index in [0.29, 0.717) is 31.1 Å². The summed E-state index contributed by atoms with van der Waals surface area (Å²) in [7, 11) is 0. The molecule has 0 radical (unpaired) electrons. The Morgan fingerprint density at radius 2 is 1.67 bits per heavy atom. The lowest BCUT2D eigenvalue weighted by atomic mass is 9.95. The number of piperidine rings is 3. The first kappa shape index (κ1) is 31.9. The number of piperazine rings is 1. The average molecular weight is 622 g/mol. The van der Waals surface area contributed by atoms with Crippen LogP contribution in [0.2, 0.25) is 0 Å². The van der Waals surface area contributed by atoms with E-state index < -0.39 is 6.04 Å². The van der Waals surface area contributed by atoms with Gasteiger partial charge in [-0.3, -0.25) is 29.4 Å². The van der Waals surface area contributed by atoms with E-state index in [1.165, 1.54) is 64.8 Å². The average Bonchev–Trinajstić information content (AvgIpc) is 3.39. The molecule has 1 aromatic rings. The highest BCUT2D eigenvalue weighted by Crippen LogP contribution is 2.31. The zero-order chi connectivity index (χ0) is 31.2. The Morgan fingerprint density at radius 3 is 2.40 bits per heavy atom. The van der Waals surface area contributed by atoms with E-state index in [1.54, 1.807) is 4.90 Å². The molecule has 11 heteroatoms. The van der Waals surface area contributed by atoms with Crippen molar-refractivity contribution in [3.8, 4) is 0 Å². The number of anilines is 1. The summed E-state index contributed by atoms with van der Waals surface area (Å²) in [6, 6.07) is 5.88. The monoisotopic (exact) mass is 621 g/mol. The Hall–Kier alpha value is -3.02. The summed E-state index contributed by atoms with van der Waals surface area (Å²) in [5, 5.41) is 5.26. The van der Waals surface area contributed by atoms with Crippen molar-refractivity contribution < 1.29 is 19.2 Å². The van der Waals surface area contributed by atoms with Crippen LogP contribution in [-0.4, -0.2) is 128 Å². The molecule has 0 bridgehead atoms. The number of carbonyl (C=O) groups is 4. The van der Waals surface area contributed by atoms with Gasteiger partial charge in [-0.15, -0.1) is 0 Å². The maximum Gasteiger partial charge on any atom is 0.255 e. The first-order chi connectivity index (χ1) is 22.0. The molecule has 1 aromatic carbocycles. The molecule has 2 unspecified atom stereocenters. The summed E-state index contributed by atoms with van der Waals surface area (Å²) in [6.07, 6.45) is 10.3. The van der Waals surface area contributed by atoms with Gasteiger partial charge in [0.15, 0.2) is 0 Å². The Morgan fingerprint density at radius 1 is 0.889 bits per heavy atom. The summed E-state index contributed by atoms with van der Waals surface area (Å²) < 4.78 is 0. The predicted molar refractivity (Wildman–Crippen MR) is 173 cm³/mol. The Labute approximate surface area is 267 Å². The molecule has 2 atom stereocenters. The third-order valence-corrected chi connectivity index (χ3v) is 10.9. The number of fused-ring (bicyclic) bond motifs is 1. The molecular formula is C34H51N7O4.